The van der Waals surface area contributed by atoms with Gasteiger partial charge < -0.3 is 10.2 Å². The molecule has 0 heterocycles. The molecule has 0 amide bonds. The second-order valence-electron chi connectivity index (χ2n) is 6.17. The van der Waals surface area contributed by atoms with Crippen LogP contribution in [0.5, 0.6) is 0 Å². The van der Waals surface area contributed by atoms with Crippen LogP contribution in [0.3, 0.4) is 0 Å². The maximum absolute atomic E-state index is 3.56. The molecule has 0 saturated heterocycles. The molecule has 1 aromatic rings. The highest BCUT2D eigenvalue weighted by Crippen LogP contribution is 2.21. The molecule has 0 bridgehead atoms. The molecule has 0 aromatic heterocycles. The average Bonchev–Trinajstić information content (AvgIpc) is 2.46. The van der Waals surface area contributed by atoms with E-state index >= 15 is 0 Å². The summed E-state index contributed by atoms with van der Waals surface area (Å²) in [4.78, 5) is 2.58. The first-order chi connectivity index (χ1) is 9.81. The van der Waals surface area contributed by atoms with E-state index in [9.17, 15) is 0 Å². The van der Waals surface area contributed by atoms with Crippen molar-refractivity contribution >= 4 is 0 Å². The zero-order valence-corrected chi connectivity index (χ0v) is 13.1. The van der Waals surface area contributed by atoms with Gasteiger partial charge in [0.1, 0.15) is 0 Å². The summed E-state index contributed by atoms with van der Waals surface area (Å²) in [6, 6.07) is 12.2. The van der Waals surface area contributed by atoms with Crippen molar-refractivity contribution < 1.29 is 0 Å². The lowest BCUT2D eigenvalue weighted by molar-refractivity contribution is 0.168. The molecule has 1 aromatic carbocycles. The van der Waals surface area contributed by atoms with Gasteiger partial charge in [0.05, 0.1) is 0 Å². The third kappa shape index (κ3) is 4.60. The maximum Gasteiger partial charge on any atom is 0.0246 e. The minimum absolute atomic E-state index is 0.663. The second kappa shape index (κ2) is 8.43. The largest absolute Gasteiger partial charge is 0.315 e. The molecule has 1 aliphatic carbocycles. The molecule has 1 saturated carbocycles. The van der Waals surface area contributed by atoms with E-state index in [4.69, 9.17) is 0 Å². The molecule has 0 radical (unpaired) electrons. The minimum Gasteiger partial charge on any atom is -0.315 e. The predicted molar refractivity (Wildman–Crippen MR) is 87.1 cm³/mol. The smallest absolute Gasteiger partial charge is 0.0246 e. The monoisotopic (exact) mass is 274 g/mol. The SMILES string of the molecule is CNC1CCCCCCC1N(C)CCc1ccccc1. The van der Waals surface area contributed by atoms with Crippen molar-refractivity contribution in [2.75, 3.05) is 20.6 Å². The summed E-state index contributed by atoms with van der Waals surface area (Å²) in [7, 11) is 4.43. The molecule has 0 spiro atoms. The van der Waals surface area contributed by atoms with Crippen LogP contribution in [0.15, 0.2) is 30.3 Å². The normalized spacial score (nSPS) is 24.4. The van der Waals surface area contributed by atoms with Crippen LogP contribution < -0.4 is 5.32 Å². The molecule has 20 heavy (non-hydrogen) atoms. The van der Waals surface area contributed by atoms with Gasteiger partial charge in [0.15, 0.2) is 0 Å². The van der Waals surface area contributed by atoms with Crippen molar-refractivity contribution in [2.24, 2.45) is 0 Å². The van der Waals surface area contributed by atoms with Gasteiger partial charge in [0.2, 0.25) is 0 Å². The van der Waals surface area contributed by atoms with Crippen molar-refractivity contribution in [3.8, 4) is 0 Å². The quantitative estimate of drug-likeness (QED) is 0.884. The van der Waals surface area contributed by atoms with Crippen LogP contribution in [0, 0.1) is 0 Å². The Kier molecular flexibility index (Phi) is 6.55. The van der Waals surface area contributed by atoms with E-state index in [0.29, 0.717) is 12.1 Å². The van der Waals surface area contributed by atoms with Crippen LogP contribution >= 0.6 is 0 Å². The summed E-state index contributed by atoms with van der Waals surface area (Å²) in [5.74, 6) is 0. The number of hydrogen-bond acceptors (Lipinski definition) is 2. The van der Waals surface area contributed by atoms with Crippen LogP contribution in [0.4, 0.5) is 0 Å². The highest BCUT2D eigenvalue weighted by Gasteiger charge is 2.24. The van der Waals surface area contributed by atoms with Crippen LogP contribution in [-0.4, -0.2) is 37.6 Å². The molecule has 0 aliphatic heterocycles. The van der Waals surface area contributed by atoms with E-state index in [0.717, 1.165) is 13.0 Å². The molecule has 2 unspecified atom stereocenters. The minimum atomic E-state index is 0.663. The highest BCUT2D eigenvalue weighted by atomic mass is 15.2. The van der Waals surface area contributed by atoms with Gasteiger partial charge in [-0.25, -0.2) is 0 Å². The molecule has 2 nitrogen and oxygen atoms in total. The van der Waals surface area contributed by atoms with Crippen molar-refractivity contribution in [3.05, 3.63) is 35.9 Å². The highest BCUT2D eigenvalue weighted by molar-refractivity contribution is 5.14. The topological polar surface area (TPSA) is 15.3 Å². The standard InChI is InChI=1S/C18H30N2/c1-19-17-12-8-3-4-9-13-18(17)20(2)15-14-16-10-6-5-7-11-16/h5-7,10-11,17-19H,3-4,8-9,12-15H2,1-2H3. The van der Waals surface area contributed by atoms with E-state index < -0.39 is 0 Å². The van der Waals surface area contributed by atoms with Crippen molar-refractivity contribution in [3.63, 3.8) is 0 Å². The summed E-state index contributed by atoms with van der Waals surface area (Å²) in [6.07, 6.45) is 9.43. The maximum atomic E-state index is 3.56. The summed E-state index contributed by atoms with van der Waals surface area (Å²) in [6.45, 7) is 1.16. The lowest BCUT2D eigenvalue weighted by atomic mass is 9.91. The molecule has 1 fully saturated rings. The van der Waals surface area contributed by atoms with Gasteiger partial charge in [-0.15, -0.1) is 0 Å². The van der Waals surface area contributed by atoms with Gasteiger partial charge in [0, 0.05) is 18.6 Å². The third-order valence-corrected chi connectivity index (χ3v) is 4.76. The Hall–Kier alpha value is -0.860. The van der Waals surface area contributed by atoms with E-state index in [2.05, 4.69) is 54.6 Å². The van der Waals surface area contributed by atoms with Crippen LogP contribution in [0.1, 0.15) is 44.1 Å². The van der Waals surface area contributed by atoms with Gasteiger partial charge in [0.25, 0.3) is 0 Å². The molecule has 1 N–H and O–H groups in total. The number of nitrogens with zero attached hydrogens (tertiary/aromatic N) is 1. The Balaban J connectivity index is 1.89. The molecule has 2 atom stereocenters. The summed E-state index contributed by atoms with van der Waals surface area (Å²) >= 11 is 0. The van der Waals surface area contributed by atoms with Crippen LogP contribution in [0.2, 0.25) is 0 Å². The van der Waals surface area contributed by atoms with Crippen molar-refractivity contribution in [2.45, 2.75) is 57.0 Å². The van der Waals surface area contributed by atoms with E-state index in [1.807, 2.05) is 0 Å². The average molecular weight is 274 g/mol. The Morgan fingerprint density at radius 3 is 2.45 bits per heavy atom. The summed E-state index contributed by atoms with van der Waals surface area (Å²) in [5, 5.41) is 3.56. The van der Waals surface area contributed by atoms with Crippen molar-refractivity contribution in [1.82, 2.24) is 10.2 Å². The number of hydrogen-bond donors (Lipinski definition) is 1. The first-order valence-electron chi connectivity index (χ1n) is 8.22. The fraction of sp³-hybridized carbons (Fsp3) is 0.667. The fourth-order valence-electron chi connectivity index (χ4n) is 3.45. The first-order valence-corrected chi connectivity index (χ1v) is 8.22. The van der Waals surface area contributed by atoms with Crippen molar-refractivity contribution in [1.29, 1.82) is 0 Å². The Bertz CT molecular complexity index is 363. The predicted octanol–water partition coefficient (Wildman–Crippen LogP) is 3.47. The van der Waals surface area contributed by atoms with Gasteiger partial charge in [-0.05, 0) is 38.9 Å². The lowest BCUT2D eigenvalue weighted by Gasteiger charge is -2.36. The Labute approximate surface area is 124 Å². The van der Waals surface area contributed by atoms with E-state index in [1.165, 1.54) is 44.1 Å². The van der Waals surface area contributed by atoms with Gasteiger partial charge >= 0.3 is 0 Å². The number of likely N-dealkylation sites (N-methyl/N-ethyl adjacent to an activating group) is 2. The van der Waals surface area contributed by atoms with Crippen LogP contribution in [-0.2, 0) is 6.42 Å². The van der Waals surface area contributed by atoms with E-state index in [1.54, 1.807) is 0 Å². The summed E-state index contributed by atoms with van der Waals surface area (Å²) in [5.41, 5.74) is 1.45. The van der Waals surface area contributed by atoms with Crippen LogP contribution in [0.25, 0.3) is 0 Å². The summed E-state index contributed by atoms with van der Waals surface area (Å²) < 4.78 is 0. The number of benzene rings is 1. The van der Waals surface area contributed by atoms with Gasteiger partial charge in [-0.2, -0.15) is 0 Å². The zero-order valence-electron chi connectivity index (χ0n) is 13.1. The molecular weight excluding hydrogens is 244 g/mol. The fourth-order valence-corrected chi connectivity index (χ4v) is 3.45. The second-order valence-corrected chi connectivity index (χ2v) is 6.17. The molecule has 1 aliphatic rings. The first kappa shape index (κ1) is 15.5. The molecule has 112 valence electrons. The molecule has 2 rings (SSSR count). The number of nitrogens with one attached hydrogen (secondary N) is 1. The van der Waals surface area contributed by atoms with E-state index in [-0.39, 0.29) is 0 Å². The number of rotatable bonds is 5. The Morgan fingerprint density at radius 2 is 1.75 bits per heavy atom. The third-order valence-electron chi connectivity index (χ3n) is 4.76. The van der Waals surface area contributed by atoms with Gasteiger partial charge in [-0.1, -0.05) is 56.0 Å². The zero-order chi connectivity index (χ0) is 14.2. The van der Waals surface area contributed by atoms with Gasteiger partial charge in [-0.3, -0.25) is 0 Å². The Morgan fingerprint density at radius 1 is 1.05 bits per heavy atom. The lowest BCUT2D eigenvalue weighted by Crippen LogP contribution is -2.48. The molecular formula is C18H30N2. The molecule has 2 heteroatoms.